The van der Waals surface area contributed by atoms with E-state index in [1.54, 1.807) is 18.2 Å². The third-order valence-electron chi connectivity index (χ3n) is 3.30. The van der Waals surface area contributed by atoms with Gasteiger partial charge in [-0.2, -0.15) is 0 Å². The number of nitrogens with one attached hydrogen (secondary N) is 2. The summed E-state index contributed by atoms with van der Waals surface area (Å²) in [5.41, 5.74) is -0.00364. The summed E-state index contributed by atoms with van der Waals surface area (Å²) in [6.45, 7) is 2.30. The number of hydrogen-bond donors (Lipinski definition) is 2. The Balaban J connectivity index is 2.33. The van der Waals surface area contributed by atoms with Crippen molar-refractivity contribution in [1.29, 1.82) is 0 Å². The number of hydrogen-bond acceptors (Lipinski definition) is 4. The fraction of sp³-hybridized carbons (Fsp3) is 0.176. The summed E-state index contributed by atoms with van der Waals surface area (Å²) >= 11 is 5.91. The lowest BCUT2D eigenvalue weighted by molar-refractivity contribution is 0.0946. The highest BCUT2D eigenvalue weighted by molar-refractivity contribution is 7.90. The first-order valence-electron chi connectivity index (χ1n) is 7.55. The lowest BCUT2D eigenvalue weighted by atomic mass is 10.2. The molecular formula is C17H17ClN2O4S. The van der Waals surface area contributed by atoms with Gasteiger partial charge in [-0.15, -0.1) is 0 Å². The zero-order valence-electron chi connectivity index (χ0n) is 13.5. The van der Waals surface area contributed by atoms with Crippen LogP contribution < -0.4 is 10.0 Å². The van der Waals surface area contributed by atoms with Crippen molar-refractivity contribution in [1.82, 2.24) is 10.0 Å². The van der Waals surface area contributed by atoms with Crippen LogP contribution in [0.3, 0.4) is 0 Å². The number of rotatable bonds is 6. The summed E-state index contributed by atoms with van der Waals surface area (Å²) in [7, 11) is -4.24. The van der Waals surface area contributed by atoms with Gasteiger partial charge in [0, 0.05) is 6.54 Å². The van der Waals surface area contributed by atoms with Crippen LogP contribution in [0.5, 0.6) is 0 Å². The smallest absolute Gasteiger partial charge is 0.266 e. The van der Waals surface area contributed by atoms with Crippen molar-refractivity contribution in [2.45, 2.75) is 18.2 Å². The van der Waals surface area contributed by atoms with Crippen LogP contribution in [0, 0.1) is 0 Å². The molecule has 0 saturated carbocycles. The average Bonchev–Trinajstić information content (AvgIpc) is 2.59. The van der Waals surface area contributed by atoms with Crippen LogP contribution in [0.2, 0.25) is 5.02 Å². The summed E-state index contributed by atoms with van der Waals surface area (Å²) in [6.07, 6.45) is 0.712. The van der Waals surface area contributed by atoms with Crippen LogP contribution in [0.25, 0.3) is 0 Å². The Kier molecular flexibility index (Phi) is 6.17. The molecule has 0 bridgehead atoms. The van der Waals surface area contributed by atoms with E-state index in [4.69, 9.17) is 11.6 Å². The number of carbonyl (C=O) groups excluding carboxylic acids is 2. The summed E-state index contributed by atoms with van der Waals surface area (Å²) in [4.78, 5) is 24.1. The van der Waals surface area contributed by atoms with Gasteiger partial charge in [0.15, 0.2) is 0 Å². The Morgan fingerprint density at radius 1 is 0.960 bits per heavy atom. The Labute approximate surface area is 151 Å². The molecule has 132 valence electrons. The second-order valence-corrected chi connectivity index (χ2v) is 7.22. The van der Waals surface area contributed by atoms with Gasteiger partial charge in [0.1, 0.15) is 4.90 Å². The number of carbonyl (C=O) groups is 2. The number of halogens is 1. The highest BCUT2D eigenvalue weighted by Gasteiger charge is 2.25. The Morgan fingerprint density at radius 2 is 1.56 bits per heavy atom. The van der Waals surface area contributed by atoms with Crippen molar-refractivity contribution in [3.8, 4) is 0 Å². The summed E-state index contributed by atoms with van der Waals surface area (Å²) in [5, 5.41) is 2.75. The predicted octanol–water partition coefficient (Wildman–Crippen LogP) is 2.60. The minimum Gasteiger partial charge on any atom is -0.352 e. The van der Waals surface area contributed by atoms with Gasteiger partial charge in [-0.05, 0) is 30.7 Å². The van der Waals surface area contributed by atoms with Crippen LogP contribution >= 0.6 is 11.6 Å². The first-order valence-corrected chi connectivity index (χ1v) is 9.42. The van der Waals surface area contributed by atoms with E-state index < -0.39 is 21.8 Å². The molecular weight excluding hydrogens is 364 g/mol. The molecule has 0 aromatic heterocycles. The van der Waals surface area contributed by atoms with Crippen molar-refractivity contribution < 1.29 is 18.0 Å². The molecule has 8 heteroatoms. The Morgan fingerprint density at radius 3 is 2.20 bits per heavy atom. The van der Waals surface area contributed by atoms with Crippen LogP contribution in [0.1, 0.15) is 34.1 Å². The van der Waals surface area contributed by atoms with Gasteiger partial charge in [-0.1, -0.05) is 42.8 Å². The second kappa shape index (κ2) is 8.13. The average molecular weight is 381 g/mol. The maximum atomic E-state index is 12.6. The zero-order valence-corrected chi connectivity index (χ0v) is 15.0. The monoisotopic (exact) mass is 380 g/mol. The zero-order chi connectivity index (χ0) is 18.4. The highest BCUT2D eigenvalue weighted by Crippen LogP contribution is 2.18. The molecule has 0 aliphatic carbocycles. The largest absolute Gasteiger partial charge is 0.352 e. The van der Waals surface area contributed by atoms with Crippen LogP contribution in [0.15, 0.2) is 53.4 Å². The molecule has 0 heterocycles. The molecule has 2 aromatic carbocycles. The number of benzene rings is 2. The van der Waals surface area contributed by atoms with E-state index in [1.165, 1.54) is 30.3 Å². The van der Waals surface area contributed by atoms with Crippen molar-refractivity contribution in [3.05, 3.63) is 64.7 Å². The van der Waals surface area contributed by atoms with E-state index in [9.17, 15) is 18.0 Å². The summed E-state index contributed by atoms with van der Waals surface area (Å²) < 4.78 is 27.1. The van der Waals surface area contributed by atoms with Crippen molar-refractivity contribution in [2.75, 3.05) is 6.54 Å². The minimum absolute atomic E-state index is 0.0284. The fourth-order valence-electron chi connectivity index (χ4n) is 2.10. The molecule has 0 radical (unpaired) electrons. The third-order valence-corrected chi connectivity index (χ3v) is 5.02. The molecule has 0 unspecified atom stereocenters. The van der Waals surface area contributed by atoms with Gasteiger partial charge < -0.3 is 5.32 Å². The fourth-order valence-corrected chi connectivity index (χ4v) is 3.49. The molecule has 0 fully saturated rings. The van der Waals surface area contributed by atoms with E-state index in [2.05, 4.69) is 5.32 Å². The molecule has 2 rings (SSSR count). The molecule has 0 aliphatic rings. The highest BCUT2D eigenvalue weighted by atomic mass is 35.5. The van der Waals surface area contributed by atoms with E-state index in [1.807, 2.05) is 11.6 Å². The normalized spacial score (nSPS) is 11.0. The van der Waals surface area contributed by atoms with Crippen LogP contribution in [-0.2, 0) is 10.0 Å². The van der Waals surface area contributed by atoms with Gasteiger partial charge in [0.05, 0.1) is 16.1 Å². The van der Waals surface area contributed by atoms with Crippen molar-refractivity contribution >= 4 is 33.4 Å². The number of amides is 2. The maximum absolute atomic E-state index is 12.6. The van der Waals surface area contributed by atoms with Crippen molar-refractivity contribution in [3.63, 3.8) is 0 Å². The molecule has 0 aliphatic heterocycles. The standard InChI is InChI=1S/C17H17ClN2O4S/c1-2-11-19-16(21)13-8-4-6-10-15(13)25(23,24)20-17(22)12-7-3-5-9-14(12)18/h3-10H,2,11H2,1H3,(H,19,21)(H,20,22). The Bertz CT molecular complexity index is 897. The first kappa shape index (κ1) is 19.0. The summed E-state index contributed by atoms with van der Waals surface area (Å²) in [5.74, 6) is -1.39. The van der Waals surface area contributed by atoms with E-state index >= 15 is 0 Å². The minimum atomic E-state index is -4.24. The first-order chi connectivity index (χ1) is 11.9. The lowest BCUT2D eigenvalue weighted by Gasteiger charge is -2.12. The van der Waals surface area contributed by atoms with E-state index in [0.29, 0.717) is 13.0 Å². The third kappa shape index (κ3) is 4.58. The van der Waals surface area contributed by atoms with Crippen LogP contribution in [-0.4, -0.2) is 26.8 Å². The second-order valence-electron chi connectivity index (χ2n) is 5.17. The predicted molar refractivity (Wildman–Crippen MR) is 95.2 cm³/mol. The van der Waals surface area contributed by atoms with Gasteiger partial charge in [0.25, 0.3) is 21.8 Å². The van der Waals surface area contributed by atoms with Gasteiger partial charge in [-0.3, -0.25) is 9.59 Å². The molecule has 25 heavy (non-hydrogen) atoms. The molecule has 0 saturated heterocycles. The summed E-state index contributed by atoms with van der Waals surface area (Å²) in [6, 6.07) is 11.8. The molecule has 0 atom stereocenters. The van der Waals surface area contributed by atoms with E-state index in [-0.39, 0.29) is 21.0 Å². The SMILES string of the molecule is CCCNC(=O)c1ccccc1S(=O)(=O)NC(=O)c1ccccc1Cl. The molecule has 2 N–H and O–H groups in total. The van der Waals surface area contributed by atoms with Gasteiger partial charge in [-0.25, -0.2) is 13.1 Å². The topological polar surface area (TPSA) is 92.3 Å². The molecule has 2 amide bonds. The number of sulfonamides is 1. The van der Waals surface area contributed by atoms with Crippen molar-refractivity contribution in [2.24, 2.45) is 0 Å². The lowest BCUT2D eigenvalue weighted by Crippen LogP contribution is -2.33. The maximum Gasteiger partial charge on any atom is 0.266 e. The molecule has 6 nitrogen and oxygen atoms in total. The van der Waals surface area contributed by atoms with E-state index in [0.717, 1.165) is 0 Å². The molecule has 2 aromatic rings. The Hall–Kier alpha value is -2.38. The quantitative estimate of drug-likeness (QED) is 0.805. The molecule has 0 spiro atoms. The van der Waals surface area contributed by atoms with Gasteiger partial charge in [0.2, 0.25) is 0 Å². The van der Waals surface area contributed by atoms with Gasteiger partial charge >= 0.3 is 0 Å². The van der Waals surface area contributed by atoms with Crippen LogP contribution in [0.4, 0.5) is 0 Å².